The maximum Gasteiger partial charge on any atom is 0.142 e. The molecule has 0 N–H and O–H groups in total. The Balaban J connectivity index is 2.51. The molecule has 82 valence electrons. The Morgan fingerprint density at radius 3 is 2.93 bits per heavy atom. The van der Waals surface area contributed by atoms with Crippen molar-refractivity contribution in [1.29, 1.82) is 0 Å². The van der Waals surface area contributed by atoms with Crippen LogP contribution in [0.1, 0.15) is 26.7 Å². The Morgan fingerprint density at radius 1 is 1.60 bits per heavy atom. The van der Waals surface area contributed by atoms with E-state index in [1.54, 1.807) is 4.73 Å². The van der Waals surface area contributed by atoms with Gasteiger partial charge in [0.15, 0.2) is 0 Å². The van der Waals surface area contributed by atoms with E-state index in [2.05, 4.69) is 6.58 Å². The number of nitrogens with zero attached hydrogens (tertiary/aromatic N) is 1. The predicted octanol–water partition coefficient (Wildman–Crippen LogP) is 3.39. The van der Waals surface area contributed by atoms with Gasteiger partial charge in [0.1, 0.15) is 10.7 Å². The van der Waals surface area contributed by atoms with Crippen LogP contribution in [0.25, 0.3) is 0 Å². The molecule has 1 rings (SSSR count). The molecule has 0 aromatic carbocycles. The summed E-state index contributed by atoms with van der Waals surface area (Å²) in [5, 5.41) is 0. The van der Waals surface area contributed by atoms with Crippen LogP contribution in [0.5, 0.6) is 0 Å². The largest absolute Gasteiger partial charge is 0.410 e. The van der Waals surface area contributed by atoms with Crippen LogP contribution in [-0.2, 0) is 0 Å². The summed E-state index contributed by atoms with van der Waals surface area (Å²) in [7, 11) is 0. The first-order chi connectivity index (χ1) is 7.09. The zero-order chi connectivity index (χ0) is 11.3. The first kappa shape index (κ1) is 12.0. The van der Waals surface area contributed by atoms with Crippen molar-refractivity contribution < 1.29 is 4.84 Å². The second-order valence-corrected chi connectivity index (χ2v) is 4.19. The van der Waals surface area contributed by atoms with Crippen LogP contribution in [0.4, 0.5) is 0 Å². The van der Waals surface area contributed by atoms with Gasteiger partial charge in [-0.1, -0.05) is 23.9 Å². The second-order valence-electron chi connectivity index (χ2n) is 3.78. The molecule has 3 heteroatoms. The highest BCUT2D eigenvalue weighted by Gasteiger charge is 2.03. The topological polar surface area (TPSA) is 14.2 Å². The Bertz CT molecular complexity index is 383. The standard InChI is InChI=1S/C12H17NOS/c1-10(2)7-8-11(3)14-13-9-5-4-6-12(13)15/h4-6,9,11H,1,7-8H2,2-3H3. The number of rotatable bonds is 5. The molecular formula is C12H17NOS. The van der Waals surface area contributed by atoms with E-state index in [1.165, 1.54) is 5.57 Å². The molecular weight excluding hydrogens is 206 g/mol. The summed E-state index contributed by atoms with van der Waals surface area (Å²) in [6.07, 6.45) is 3.93. The lowest BCUT2D eigenvalue weighted by atomic mass is 10.1. The molecule has 0 saturated heterocycles. The minimum Gasteiger partial charge on any atom is -0.410 e. The van der Waals surface area contributed by atoms with Crippen LogP contribution in [0.2, 0.25) is 0 Å². The first-order valence-electron chi connectivity index (χ1n) is 5.09. The fourth-order valence-electron chi connectivity index (χ4n) is 1.20. The molecule has 0 aliphatic heterocycles. The fourth-order valence-corrected chi connectivity index (χ4v) is 1.38. The van der Waals surface area contributed by atoms with Gasteiger partial charge in [-0.25, -0.2) is 0 Å². The van der Waals surface area contributed by atoms with Gasteiger partial charge >= 0.3 is 0 Å². The minimum atomic E-state index is 0.149. The minimum absolute atomic E-state index is 0.149. The zero-order valence-electron chi connectivity index (χ0n) is 9.27. The van der Waals surface area contributed by atoms with Gasteiger partial charge in [0, 0.05) is 6.20 Å². The number of hydrogen-bond donors (Lipinski definition) is 0. The first-order valence-corrected chi connectivity index (χ1v) is 5.49. The maximum absolute atomic E-state index is 5.67. The van der Waals surface area contributed by atoms with Gasteiger partial charge in [-0.3, -0.25) is 0 Å². The summed E-state index contributed by atoms with van der Waals surface area (Å²) in [5.41, 5.74) is 1.18. The van der Waals surface area contributed by atoms with Gasteiger partial charge in [-0.2, -0.15) is 4.73 Å². The number of hydrogen-bond acceptors (Lipinski definition) is 2. The van der Waals surface area contributed by atoms with Gasteiger partial charge in [0.2, 0.25) is 0 Å². The van der Waals surface area contributed by atoms with E-state index >= 15 is 0 Å². The zero-order valence-corrected chi connectivity index (χ0v) is 10.1. The van der Waals surface area contributed by atoms with Gasteiger partial charge in [0.25, 0.3) is 0 Å². The molecule has 1 unspecified atom stereocenters. The average molecular weight is 223 g/mol. The van der Waals surface area contributed by atoms with Crippen molar-refractivity contribution in [3.8, 4) is 0 Å². The highest BCUT2D eigenvalue weighted by molar-refractivity contribution is 7.71. The summed E-state index contributed by atoms with van der Waals surface area (Å²) in [5.74, 6) is 0. The molecule has 0 aliphatic rings. The van der Waals surface area contributed by atoms with E-state index in [0.29, 0.717) is 4.64 Å². The van der Waals surface area contributed by atoms with Crippen LogP contribution < -0.4 is 4.84 Å². The van der Waals surface area contributed by atoms with Crippen LogP contribution in [0.15, 0.2) is 36.5 Å². The lowest BCUT2D eigenvalue weighted by Crippen LogP contribution is -2.22. The van der Waals surface area contributed by atoms with E-state index < -0.39 is 0 Å². The van der Waals surface area contributed by atoms with E-state index in [4.69, 9.17) is 17.1 Å². The van der Waals surface area contributed by atoms with Crippen molar-refractivity contribution >= 4 is 12.2 Å². The summed E-state index contributed by atoms with van der Waals surface area (Å²) in [6, 6.07) is 5.66. The summed E-state index contributed by atoms with van der Waals surface area (Å²) in [4.78, 5) is 5.67. The lowest BCUT2D eigenvalue weighted by molar-refractivity contribution is 0.0401. The smallest absolute Gasteiger partial charge is 0.142 e. The van der Waals surface area contributed by atoms with Crippen molar-refractivity contribution in [3.05, 3.63) is 41.2 Å². The number of allylic oxidation sites excluding steroid dienone is 1. The highest BCUT2D eigenvalue weighted by atomic mass is 32.1. The molecule has 1 aromatic heterocycles. The number of pyridine rings is 1. The van der Waals surface area contributed by atoms with Crippen LogP contribution >= 0.6 is 12.2 Å². The molecule has 15 heavy (non-hydrogen) atoms. The molecule has 2 nitrogen and oxygen atoms in total. The second kappa shape index (κ2) is 5.71. The molecule has 0 amide bonds. The Morgan fingerprint density at radius 2 is 2.33 bits per heavy atom. The third kappa shape index (κ3) is 4.30. The Kier molecular flexibility index (Phi) is 4.56. The van der Waals surface area contributed by atoms with E-state index in [-0.39, 0.29) is 6.10 Å². The maximum atomic E-state index is 5.67. The molecule has 1 aromatic rings. The Hall–Kier alpha value is -1.09. The van der Waals surface area contributed by atoms with Crippen molar-refractivity contribution in [2.45, 2.75) is 32.8 Å². The normalized spacial score (nSPS) is 12.1. The average Bonchev–Trinajstić information content (AvgIpc) is 2.18. The van der Waals surface area contributed by atoms with E-state index in [9.17, 15) is 0 Å². The molecule has 0 bridgehead atoms. The lowest BCUT2D eigenvalue weighted by Gasteiger charge is -2.16. The summed E-state index contributed by atoms with van der Waals surface area (Å²) in [6.45, 7) is 7.94. The molecule has 0 saturated carbocycles. The third-order valence-electron chi connectivity index (χ3n) is 2.06. The van der Waals surface area contributed by atoms with Crippen molar-refractivity contribution in [2.75, 3.05) is 0 Å². The van der Waals surface area contributed by atoms with E-state index in [1.807, 2.05) is 38.2 Å². The van der Waals surface area contributed by atoms with Crippen molar-refractivity contribution in [2.24, 2.45) is 0 Å². The fraction of sp³-hybridized carbons (Fsp3) is 0.417. The number of aromatic nitrogens is 1. The van der Waals surface area contributed by atoms with Crippen molar-refractivity contribution in [3.63, 3.8) is 0 Å². The Labute approximate surface area is 96.2 Å². The SMILES string of the molecule is C=C(C)CCC(C)On1ccccc1=S. The van der Waals surface area contributed by atoms with Gasteiger partial charge in [-0.05, 0) is 38.8 Å². The molecule has 0 spiro atoms. The van der Waals surface area contributed by atoms with E-state index in [0.717, 1.165) is 12.8 Å². The van der Waals surface area contributed by atoms with Gasteiger partial charge < -0.3 is 4.84 Å². The van der Waals surface area contributed by atoms with Gasteiger partial charge in [-0.15, -0.1) is 6.58 Å². The van der Waals surface area contributed by atoms with Crippen LogP contribution in [0.3, 0.4) is 0 Å². The monoisotopic (exact) mass is 223 g/mol. The van der Waals surface area contributed by atoms with Crippen LogP contribution in [-0.4, -0.2) is 10.8 Å². The molecule has 0 fully saturated rings. The van der Waals surface area contributed by atoms with Crippen molar-refractivity contribution in [1.82, 2.24) is 4.73 Å². The summed E-state index contributed by atoms with van der Waals surface area (Å²) < 4.78 is 2.33. The highest BCUT2D eigenvalue weighted by Crippen LogP contribution is 2.05. The summed E-state index contributed by atoms with van der Waals surface area (Å²) >= 11 is 5.13. The quantitative estimate of drug-likeness (QED) is 0.561. The molecule has 0 radical (unpaired) electrons. The van der Waals surface area contributed by atoms with Gasteiger partial charge in [0.05, 0.1) is 0 Å². The predicted molar refractivity (Wildman–Crippen MR) is 65.4 cm³/mol. The van der Waals surface area contributed by atoms with Crippen LogP contribution in [0, 0.1) is 4.64 Å². The molecule has 0 aliphatic carbocycles. The molecule has 1 heterocycles. The third-order valence-corrected chi connectivity index (χ3v) is 2.38. The molecule has 1 atom stereocenters.